The van der Waals surface area contributed by atoms with E-state index in [1.54, 1.807) is 10.9 Å². The Bertz CT molecular complexity index is 1410. The van der Waals surface area contributed by atoms with Crippen LogP contribution in [0, 0.1) is 27.4 Å². The molecule has 0 unspecified atom stereocenters. The Labute approximate surface area is 191 Å². The van der Waals surface area contributed by atoms with E-state index in [4.69, 9.17) is 4.98 Å². The molecule has 4 heterocycles. The Morgan fingerprint density at radius 1 is 1.24 bits per heavy atom. The maximum Gasteiger partial charge on any atom is 0.324 e. The summed E-state index contributed by atoms with van der Waals surface area (Å²) in [7, 11) is 0. The number of thiophene rings is 1. The Hall–Kier alpha value is -4.37. The van der Waals surface area contributed by atoms with E-state index in [0.717, 1.165) is 17.0 Å². The quantitative estimate of drug-likeness (QED) is 0.353. The van der Waals surface area contributed by atoms with Crippen LogP contribution in [0.3, 0.4) is 0 Å². The molecule has 1 aliphatic rings. The Morgan fingerprint density at radius 3 is 2.76 bits per heavy atom. The number of hydrogen-bond donors (Lipinski definition) is 1. The van der Waals surface area contributed by atoms with Crippen LogP contribution in [0.1, 0.15) is 16.1 Å². The molecule has 1 aliphatic heterocycles. The lowest BCUT2D eigenvalue weighted by Crippen LogP contribution is -2.23. The lowest BCUT2D eigenvalue weighted by molar-refractivity contribution is -0.380. The van der Waals surface area contributed by atoms with Crippen LogP contribution in [0.15, 0.2) is 48.7 Å². The minimum absolute atomic E-state index is 0.118. The topological polar surface area (TPSA) is 143 Å². The normalized spacial score (nSPS) is 15.5. The zero-order chi connectivity index (χ0) is 22.9. The summed E-state index contributed by atoms with van der Waals surface area (Å²) in [6.45, 7) is 1.11. The van der Waals surface area contributed by atoms with Gasteiger partial charge in [0.15, 0.2) is 5.65 Å². The number of para-hydroxylation sites is 1. The predicted octanol–water partition coefficient (Wildman–Crippen LogP) is 3.39. The molecule has 12 heteroatoms. The third kappa shape index (κ3) is 3.85. The molecule has 0 saturated carbocycles. The van der Waals surface area contributed by atoms with Gasteiger partial charge >= 0.3 is 5.00 Å². The van der Waals surface area contributed by atoms with Crippen molar-refractivity contribution in [2.75, 3.05) is 23.3 Å². The number of fused-ring (bicyclic) bond motifs is 1. The SMILES string of the molecule is N#C[C@@H]1CCN(c2nc(NC(=O)c3ccc([N+](=O)[O-])s3)c3cnn(-c4ccccc4)c3n2)C1. The number of nitro groups is 1. The van der Waals surface area contributed by atoms with Gasteiger partial charge in [0.25, 0.3) is 5.91 Å². The van der Waals surface area contributed by atoms with Gasteiger partial charge in [-0.1, -0.05) is 29.5 Å². The van der Waals surface area contributed by atoms with Crippen molar-refractivity contribution in [1.82, 2.24) is 19.7 Å². The molecule has 0 aliphatic carbocycles. The van der Waals surface area contributed by atoms with Crippen LogP contribution in [-0.4, -0.2) is 43.7 Å². The van der Waals surface area contributed by atoms with Crippen molar-refractivity contribution in [3.8, 4) is 11.8 Å². The van der Waals surface area contributed by atoms with Gasteiger partial charge < -0.3 is 10.2 Å². The molecule has 1 fully saturated rings. The highest BCUT2D eigenvalue weighted by Gasteiger charge is 2.27. The maximum absolute atomic E-state index is 12.8. The second kappa shape index (κ2) is 8.29. The summed E-state index contributed by atoms with van der Waals surface area (Å²) in [5, 5.41) is 27.8. The second-order valence-electron chi connectivity index (χ2n) is 7.41. The second-order valence-corrected chi connectivity index (χ2v) is 8.47. The molecule has 3 aromatic heterocycles. The van der Waals surface area contributed by atoms with E-state index in [2.05, 4.69) is 21.5 Å². The van der Waals surface area contributed by atoms with Crippen molar-refractivity contribution < 1.29 is 9.72 Å². The highest BCUT2D eigenvalue weighted by molar-refractivity contribution is 7.17. The molecule has 0 bridgehead atoms. The number of carbonyl (C=O) groups is 1. The number of carbonyl (C=O) groups excluding carboxylic acids is 1. The smallest absolute Gasteiger partial charge is 0.324 e. The summed E-state index contributed by atoms with van der Waals surface area (Å²) in [5.74, 6) is -0.0000856. The molecule has 1 saturated heterocycles. The first kappa shape index (κ1) is 20.5. The highest BCUT2D eigenvalue weighted by atomic mass is 32.1. The monoisotopic (exact) mass is 460 g/mol. The number of anilines is 2. The van der Waals surface area contributed by atoms with Crippen LogP contribution in [-0.2, 0) is 0 Å². The Morgan fingerprint density at radius 2 is 2.06 bits per heavy atom. The van der Waals surface area contributed by atoms with Crippen molar-refractivity contribution in [2.45, 2.75) is 6.42 Å². The van der Waals surface area contributed by atoms with Gasteiger partial charge in [0.2, 0.25) is 5.95 Å². The molecular weight excluding hydrogens is 444 g/mol. The van der Waals surface area contributed by atoms with E-state index in [-0.39, 0.29) is 21.6 Å². The van der Waals surface area contributed by atoms with Crippen LogP contribution >= 0.6 is 11.3 Å². The largest absolute Gasteiger partial charge is 0.339 e. The van der Waals surface area contributed by atoms with Gasteiger partial charge in [0.1, 0.15) is 5.82 Å². The number of nitrogens with zero attached hydrogens (tertiary/aromatic N) is 7. The van der Waals surface area contributed by atoms with E-state index in [0.29, 0.717) is 36.5 Å². The van der Waals surface area contributed by atoms with Crippen LogP contribution in [0.2, 0.25) is 0 Å². The number of amides is 1. The minimum atomic E-state index is -0.536. The fourth-order valence-corrected chi connectivity index (χ4v) is 4.37. The molecule has 4 aromatic rings. The number of nitriles is 1. The van der Waals surface area contributed by atoms with Crippen LogP contribution < -0.4 is 10.2 Å². The average Bonchev–Trinajstić information content (AvgIpc) is 3.58. The zero-order valence-corrected chi connectivity index (χ0v) is 17.9. The van der Waals surface area contributed by atoms with Gasteiger partial charge in [0, 0.05) is 19.2 Å². The number of aromatic nitrogens is 4. The molecule has 0 radical (unpaired) electrons. The van der Waals surface area contributed by atoms with Gasteiger partial charge in [0.05, 0.1) is 39.1 Å². The van der Waals surface area contributed by atoms with Gasteiger partial charge in [-0.05, 0) is 24.6 Å². The summed E-state index contributed by atoms with van der Waals surface area (Å²) < 4.78 is 1.66. The van der Waals surface area contributed by atoms with E-state index < -0.39 is 10.8 Å². The van der Waals surface area contributed by atoms with E-state index in [1.165, 1.54) is 12.1 Å². The molecule has 0 spiro atoms. The number of nitrogens with one attached hydrogen (secondary N) is 1. The van der Waals surface area contributed by atoms with Crippen molar-refractivity contribution >= 4 is 45.0 Å². The fourth-order valence-electron chi connectivity index (χ4n) is 3.66. The number of rotatable bonds is 5. The number of hydrogen-bond acceptors (Lipinski definition) is 9. The van der Waals surface area contributed by atoms with Gasteiger partial charge in [-0.3, -0.25) is 14.9 Å². The first-order valence-corrected chi connectivity index (χ1v) is 10.9. The summed E-state index contributed by atoms with van der Waals surface area (Å²) in [5.41, 5.74) is 1.29. The van der Waals surface area contributed by atoms with Crippen molar-refractivity contribution in [3.05, 3.63) is 63.7 Å². The highest BCUT2D eigenvalue weighted by Crippen LogP contribution is 2.30. The molecule has 11 nitrogen and oxygen atoms in total. The zero-order valence-electron chi connectivity index (χ0n) is 17.1. The average molecular weight is 460 g/mol. The molecule has 1 amide bonds. The molecule has 5 rings (SSSR count). The summed E-state index contributed by atoms with van der Waals surface area (Å²) in [6, 6.07) is 14.4. The standard InChI is InChI=1S/C21H16N8O3S/c22-10-13-8-9-27(12-13)21-25-18(24-20(30)16-6-7-17(33-16)29(31)32)15-11-23-28(19(15)26-21)14-4-2-1-3-5-14/h1-7,11,13H,8-9,12H2,(H,24,25,26,30)/t13-/m0/s1. The van der Waals surface area contributed by atoms with E-state index >= 15 is 0 Å². The minimum Gasteiger partial charge on any atom is -0.339 e. The first-order chi connectivity index (χ1) is 16.0. The molecule has 33 heavy (non-hydrogen) atoms. The maximum atomic E-state index is 12.8. The predicted molar refractivity (Wildman–Crippen MR) is 122 cm³/mol. The molecule has 1 aromatic carbocycles. The Kier molecular flexibility index (Phi) is 5.15. The summed E-state index contributed by atoms with van der Waals surface area (Å²) >= 11 is 0.787. The Balaban J connectivity index is 1.57. The summed E-state index contributed by atoms with van der Waals surface area (Å²) in [6.07, 6.45) is 2.27. The third-order valence-corrected chi connectivity index (χ3v) is 6.33. The molecule has 1 N–H and O–H groups in total. The van der Waals surface area contributed by atoms with E-state index in [1.807, 2.05) is 35.2 Å². The van der Waals surface area contributed by atoms with Crippen molar-refractivity contribution in [1.29, 1.82) is 5.26 Å². The fraction of sp³-hybridized carbons (Fsp3) is 0.190. The molecular formula is C21H16N8O3S. The van der Waals surface area contributed by atoms with E-state index in [9.17, 15) is 20.2 Å². The lowest BCUT2D eigenvalue weighted by Gasteiger charge is -2.17. The van der Waals surface area contributed by atoms with Gasteiger partial charge in [-0.2, -0.15) is 20.3 Å². The first-order valence-electron chi connectivity index (χ1n) is 10.0. The van der Waals surface area contributed by atoms with Crippen molar-refractivity contribution in [3.63, 3.8) is 0 Å². The van der Waals surface area contributed by atoms with Gasteiger partial charge in [-0.15, -0.1) is 0 Å². The summed E-state index contributed by atoms with van der Waals surface area (Å²) in [4.78, 5) is 34.6. The third-order valence-electron chi connectivity index (χ3n) is 5.30. The van der Waals surface area contributed by atoms with Crippen LogP contribution in [0.25, 0.3) is 16.7 Å². The lowest BCUT2D eigenvalue weighted by atomic mass is 10.1. The van der Waals surface area contributed by atoms with Crippen LogP contribution in [0.5, 0.6) is 0 Å². The van der Waals surface area contributed by atoms with Gasteiger partial charge in [-0.25, -0.2) is 4.68 Å². The number of benzene rings is 1. The molecule has 164 valence electrons. The molecule has 1 atom stereocenters. The van der Waals surface area contributed by atoms with Crippen molar-refractivity contribution in [2.24, 2.45) is 5.92 Å². The van der Waals surface area contributed by atoms with Crippen LogP contribution in [0.4, 0.5) is 16.8 Å².